The van der Waals surface area contributed by atoms with E-state index in [2.05, 4.69) is 10.3 Å². The first-order valence-corrected chi connectivity index (χ1v) is 7.58. The minimum Gasteiger partial charge on any atom is -0.396 e. The zero-order chi connectivity index (χ0) is 16.3. The Bertz CT molecular complexity index is 688. The van der Waals surface area contributed by atoms with E-state index < -0.39 is 11.6 Å². The maximum Gasteiger partial charge on any atom is 0.263 e. The third-order valence-electron chi connectivity index (χ3n) is 3.11. The van der Waals surface area contributed by atoms with Gasteiger partial charge >= 0.3 is 0 Å². The molecule has 0 saturated carbocycles. The van der Waals surface area contributed by atoms with Gasteiger partial charge in [-0.05, 0) is 38.5 Å². The molecule has 0 radical (unpaired) electrons. The van der Waals surface area contributed by atoms with Crippen molar-refractivity contribution in [2.75, 3.05) is 6.61 Å². The number of carbonyl (C=O) groups is 1. The van der Waals surface area contributed by atoms with Gasteiger partial charge in [0.25, 0.3) is 5.91 Å². The van der Waals surface area contributed by atoms with Crippen molar-refractivity contribution in [3.05, 3.63) is 40.4 Å². The molecule has 0 fully saturated rings. The third-order valence-corrected chi connectivity index (χ3v) is 4.31. The van der Waals surface area contributed by atoms with Gasteiger partial charge in [-0.3, -0.25) is 4.79 Å². The van der Waals surface area contributed by atoms with Crippen LogP contribution in [-0.2, 0) is 0 Å². The highest BCUT2D eigenvalue weighted by Crippen LogP contribution is 2.29. The molecule has 7 heteroatoms. The summed E-state index contributed by atoms with van der Waals surface area (Å²) in [5, 5.41) is 12.1. The highest BCUT2D eigenvalue weighted by molar-refractivity contribution is 7.17. The largest absolute Gasteiger partial charge is 0.396 e. The molecule has 0 aliphatic heterocycles. The molecule has 118 valence electrons. The predicted molar refractivity (Wildman–Crippen MR) is 80.8 cm³/mol. The second-order valence-electron chi connectivity index (χ2n) is 4.95. The fourth-order valence-corrected chi connectivity index (χ4v) is 2.88. The maximum absolute atomic E-state index is 13.3. The van der Waals surface area contributed by atoms with Crippen molar-refractivity contribution < 1.29 is 18.7 Å². The Labute approximate surface area is 130 Å². The zero-order valence-corrected chi connectivity index (χ0v) is 13.0. The number of amides is 1. The Morgan fingerprint density at radius 3 is 2.77 bits per heavy atom. The van der Waals surface area contributed by atoms with Crippen LogP contribution >= 0.6 is 11.3 Å². The van der Waals surface area contributed by atoms with Gasteiger partial charge in [-0.25, -0.2) is 13.8 Å². The summed E-state index contributed by atoms with van der Waals surface area (Å²) < 4.78 is 26.3. The van der Waals surface area contributed by atoms with E-state index in [1.807, 2.05) is 0 Å². The molecule has 1 aromatic heterocycles. The normalized spacial score (nSPS) is 12.2. The van der Waals surface area contributed by atoms with Gasteiger partial charge in [0.15, 0.2) is 11.6 Å². The average Bonchev–Trinajstić information content (AvgIpc) is 2.84. The quantitative estimate of drug-likeness (QED) is 0.888. The number of rotatable bonds is 5. The fourth-order valence-electron chi connectivity index (χ4n) is 1.91. The molecular weight excluding hydrogens is 310 g/mol. The molecule has 2 N–H and O–H groups in total. The van der Waals surface area contributed by atoms with E-state index in [1.54, 1.807) is 13.8 Å². The third kappa shape index (κ3) is 3.66. The fraction of sp³-hybridized carbons (Fsp3) is 0.333. The number of nitrogens with one attached hydrogen (secondary N) is 1. The van der Waals surface area contributed by atoms with Crippen LogP contribution in [0.3, 0.4) is 0 Å². The lowest BCUT2D eigenvalue weighted by molar-refractivity contribution is 0.0937. The number of thiazole rings is 1. The summed E-state index contributed by atoms with van der Waals surface area (Å²) in [5.74, 6) is -2.16. The van der Waals surface area contributed by atoms with Crippen LogP contribution in [0.5, 0.6) is 0 Å². The van der Waals surface area contributed by atoms with Crippen molar-refractivity contribution in [1.82, 2.24) is 10.3 Å². The van der Waals surface area contributed by atoms with E-state index in [1.165, 1.54) is 6.07 Å². The molecule has 1 unspecified atom stereocenters. The summed E-state index contributed by atoms with van der Waals surface area (Å²) in [6.45, 7) is 3.47. The van der Waals surface area contributed by atoms with Crippen molar-refractivity contribution in [2.24, 2.45) is 0 Å². The molecule has 22 heavy (non-hydrogen) atoms. The Hall–Kier alpha value is -1.86. The van der Waals surface area contributed by atoms with E-state index in [0.717, 1.165) is 23.5 Å². The highest BCUT2D eigenvalue weighted by atomic mass is 32.1. The van der Waals surface area contributed by atoms with Gasteiger partial charge in [-0.15, -0.1) is 11.3 Å². The van der Waals surface area contributed by atoms with E-state index >= 15 is 0 Å². The Balaban J connectivity index is 2.24. The smallest absolute Gasteiger partial charge is 0.263 e. The van der Waals surface area contributed by atoms with E-state index in [9.17, 15) is 13.6 Å². The number of aliphatic hydroxyl groups is 1. The van der Waals surface area contributed by atoms with Crippen molar-refractivity contribution in [2.45, 2.75) is 26.3 Å². The molecule has 1 aromatic carbocycles. The van der Waals surface area contributed by atoms with Gasteiger partial charge < -0.3 is 10.4 Å². The Morgan fingerprint density at radius 1 is 1.41 bits per heavy atom. The van der Waals surface area contributed by atoms with Crippen LogP contribution in [0.2, 0.25) is 0 Å². The molecule has 1 amide bonds. The molecule has 1 atom stereocenters. The van der Waals surface area contributed by atoms with Crippen molar-refractivity contribution in [3.63, 3.8) is 0 Å². The molecule has 0 saturated heterocycles. The summed E-state index contributed by atoms with van der Waals surface area (Å²) >= 11 is 1.12. The van der Waals surface area contributed by atoms with Crippen LogP contribution in [0.15, 0.2) is 18.2 Å². The minimum atomic E-state index is -0.951. The number of aromatic nitrogens is 1. The number of nitrogens with zero attached hydrogens (tertiary/aromatic N) is 1. The average molecular weight is 326 g/mol. The first-order chi connectivity index (χ1) is 10.4. The summed E-state index contributed by atoms with van der Waals surface area (Å²) in [5.41, 5.74) is 0.952. The molecule has 2 rings (SSSR count). The topological polar surface area (TPSA) is 62.2 Å². The van der Waals surface area contributed by atoms with Crippen LogP contribution in [0.25, 0.3) is 10.6 Å². The standard InChI is InChI=1S/C15H16F2N2O2S/c1-8(5-6-20)18-14(21)13-9(2)19-15(22-13)10-3-4-11(16)12(17)7-10/h3-4,7-8,20H,5-6H2,1-2H3,(H,18,21). The number of aliphatic hydroxyl groups excluding tert-OH is 1. The molecule has 0 aliphatic rings. The first-order valence-electron chi connectivity index (χ1n) is 6.77. The summed E-state index contributed by atoms with van der Waals surface area (Å²) in [4.78, 5) is 16.8. The number of carbonyl (C=O) groups excluding carboxylic acids is 1. The molecule has 1 heterocycles. The van der Waals surface area contributed by atoms with Crippen LogP contribution in [0, 0.1) is 18.6 Å². The molecular formula is C15H16F2N2O2S. The van der Waals surface area contributed by atoms with Gasteiger partial charge in [-0.2, -0.15) is 0 Å². The van der Waals surface area contributed by atoms with E-state index in [4.69, 9.17) is 5.11 Å². The summed E-state index contributed by atoms with van der Waals surface area (Å²) in [6.07, 6.45) is 0.458. The number of benzene rings is 1. The summed E-state index contributed by atoms with van der Waals surface area (Å²) in [6, 6.07) is 3.35. The number of hydrogen-bond donors (Lipinski definition) is 2. The van der Waals surface area contributed by atoms with Gasteiger partial charge in [-0.1, -0.05) is 0 Å². The molecule has 2 aromatic rings. The Morgan fingerprint density at radius 2 is 2.14 bits per heavy atom. The predicted octanol–water partition coefficient (Wildman–Crippen LogP) is 2.90. The SMILES string of the molecule is Cc1nc(-c2ccc(F)c(F)c2)sc1C(=O)NC(C)CCO. The molecule has 0 spiro atoms. The second kappa shape index (κ2) is 6.93. The summed E-state index contributed by atoms with van der Waals surface area (Å²) in [7, 11) is 0. The Kier molecular flexibility index (Phi) is 5.20. The highest BCUT2D eigenvalue weighted by Gasteiger charge is 2.18. The number of halogens is 2. The van der Waals surface area contributed by atoms with Crippen LogP contribution in [-0.4, -0.2) is 28.6 Å². The molecule has 0 bridgehead atoms. The van der Waals surface area contributed by atoms with Crippen LogP contribution in [0.1, 0.15) is 28.7 Å². The van der Waals surface area contributed by atoms with Crippen LogP contribution < -0.4 is 5.32 Å². The lowest BCUT2D eigenvalue weighted by atomic mass is 10.2. The van der Waals surface area contributed by atoms with Crippen LogP contribution in [0.4, 0.5) is 8.78 Å². The van der Waals surface area contributed by atoms with Gasteiger partial charge in [0.05, 0.1) is 5.69 Å². The molecule has 4 nitrogen and oxygen atoms in total. The maximum atomic E-state index is 13.3. The monoisotopic (exact) mass is 326 g/mol. The first kappa shape index (κ1) is 16.5. The zero-order valence-electron chi connectivity index (χ0n) is 12.2. The lowest BCUT2D eigenvalue weighted by Crippen LogP contribution is -2.33. The minimum absolute atomic E-state index is 0.0107. The van der Waals surface area contributed by atoms with Gasteiger partial charge in [0.1, 0.15) is 9.88 Å². The van der Waals surface area contributed by atoms with E-state index in [-0.39, 0.29) is 18.6 Å². The number of hydrogen-bond acceptors (Lipinski definition) is 4. The van der Waals surface area contributed by atoms with Gasteiger partial charge in [0, 0.05) is 18.2 Å². The second-order valence-corrected chi connectivity index (χ2v) is 5.95. The van der Waals surface area contributed by atoms with Crippen molar-refractivity contribution >= 4 is 17.2 Å². The molecule has 0 aliphatic carbocycles. The van der Waals surface area contributed by atoms with Crippen molar-refractivity contribution in [3.8, 4) is 10.6 Å². The lowest BCUT2D eigenvalue weighted by Gasteiger charge is -2.11. The van der Waals surface area contributed by atoms with E-state index in [0.29, 0.717) is 27.6 Å². The van der Waals surface area contributed by atoms with Gasteiger partial charge in [0.2, 0.25) is 0 Å². The van der Waals surface area contributed by atoms with Crippen molar-refractivity contribution in [1.29, 1.82) is 0 Å². The number of aryl methyl sites for hydroxylation is 1.